The van der Waals surface area contributed by atoms with Gasteiger partial charge >= 0.3 is 6.18 Å². The summed E-state index contributed by atoms with van der Waals surface area (Å²) in [6.45, 7) is 2.02. The Kier molecular flexibility index (Phi) is 5.26. The number of anilines is 1. The van der Waals surface area contributed by atoms with Crippen LogP contribution >= 0.6 is 0 Å². The van der Waals surface area contributed by atoms with Gasteiger partial charge in [-0.05, 0) is 13.0 Å². The lowest BCUT2D eigenvalue weighted by atomic mass is 9.99. The minimum Gasteiger partial charge on any atom is -0.398 e. The standard InChI is InChI=1S/C13H16F3N3O/c1-2-19-11(6-12(18)13(14,15)16)9-4-3-8(7-20)5-10(9)17/h3-5,7,12H,2,6,17-18H2,1H3. The van der Waals surface area contributed by atoms with E-state index >= 15 is 0 Å². The van der Waals surface area contributed by atoms with Gasteiger partial charge in [0, 0.05) is 35.5 Å². The Bertz CT molecular complexity index is 512. The first-order valence-electron chi connectivity index (χ1n) is 6.00. The lowest BCUT2D eigenvalue weighted by molar-refractivity contribution is -0.145. The monoisotopic (exact) mass is 287 g/mol. The number of nitrogen functional groups attached to an aromatic ring is 1. The number of hydrogen-bond donors (Lipinski definition) is 2. The van der Waals surface area contributed by atoms with Crippen LogP contribution in [0, 0.1) is 0 Å². The van der Waals surface area contributed by atoms with Gasteiger partial charge in [-0.25, -0.2) is 0 Å². The maximum absolute atomic E-state index is 12.5. The third-order valence-corrected chi connectivity index (χ3v) is 2.71. The first kappa shape index (κ1) is 16.2. The van der Waals surface area contributed by atoms with E-state index in [0.717, 1.165) is 0 Å². The molecule has 4 nitrogen and oxygen atoms in total. The van der Waals surface area contributed by atoms with Gasteiger partial charge in [0.2, 0.25) is 0 Å². The van der Waals surface area contributed by atoms with Gasteiger partial charge in [-0.2, -0.15) is 13.2 Å². The van der Waals surface area contributed by atoms with Crippen LogP contribution in [0.15, 0.2) is 23.2 Å². The number of nitrogens with zero attached hydrogens (tertiary/aromatic N) is 1. The second-order valence-corrected chi connectivity index (χ2v) is 4.24. The number of hydrogen-bond acceptors (Lipinski definition) is 4. The number of aldehydes is 1. The molecule has 0 spiro atoms. The van der Waals surface area contributed by atoms with E-state index in [0.29, 0.717) is 24.0 Å². The molecular weight excluding hydrogens is 271 g/mol. The second-order valence-electron chi connectivity index (χ2n) is 4.24. The summed E-state index contributed by atoms with van der Waals surface area (Å²) in [6.07, 6.45) is -4.34. The van der Waals surface area contributed by atoms with Crippen LogP contribution in [0.3, 0.4) is 0 Å². The van der Waals surface area contributed by atoms with Crippen molar-refractivity contribution in [2.75, 3.05) is 12.3 Å². The van der Waals surface area contributed by atoms with Crippen LogP contribution < -0.4 is 11.5 Å². The summed E-state index contributed by atoms with van der Waals surface area (Å²) in [5.41, 5.74) is 12.0. The van der Waals surface area contributed by atoms with Gasteiger partial charge in [0.25, 0.3) is 0 Å². The average Bonchev–Trinajstić information content (AvgIpc) is 2.37. The normalized spacial score (nSPS) is 14.2. The topological polar surface area (TPSA) is 81.5 Å². The number of carbonyl (C=O) groups excluding carboxylic acids is 1. The van der Waals surface area contributed by atoms with E-state index in [2.05, 4.69) is 4.99 Å². The first-order chi connectivity index (χ1) is 9.29. The molecule has 0 bridgehead atoms. The molecule has 0 saturated heterocycles. The molecular formula is C13H16F3N3O. The molecule has 1 atom stereocenters. The molecule has 0 aliphatic rings. The molecule has 1 aromatic rings. The Hall–Kier alpha value is -1.89. The highest BCUT2D eigenvalue weighted by Gasteiger charge is 2.37. The zero-order valence-corrected chi connectivity index (χ0v) is 10.9. The van der Waals surface area contributed by atoms with E-state index in [1.54, 1.807) is 6.92 Å². The van der Waals surface area contributed by atoms with E-state index < -0.39 is 18.6 Å². The molecule has 0 aliphatic heterocycles. The molecule has 0 saturated carbocycles. The fourth-order valence-electron chi connectivity index (χ4n) is 1.69. The summed E-state index contributed by atoms with van der Waals surface area (Å²) in [5.74, 6) is 0. The highest BCUT2D eigenvalue weighted by molar-refractivity contribution is 6.05. The predicted octanol–water partition coefficient (Wildman–Crippen LogP) is 2.17. The van der Waals surface area contributed by atoms with Gasteiger partial charge in [0.1, 0.15) is 12.3 Å². The summed E-state index contributed by atoms with van der Waals surface area (Å²) in [4.78, 5) is 14.7. The fourth-order valence-corrected chi connectivity index (χ4v) is 1.69. The number of rotatable bonds is 5. The summed E-state index contributed by atoms with van der Waals surface area (Å²) >= 11 is 0. The van der Waals surface area contributed by atoms with E-state index in [9.17, 15) is 18.0 Å². The first-order valence-corrected chi connectivity index (χ1v) is 6.00. The lowest BCUT2D eigenvalue weighted by Crippen LogP contribution is -2.39. The number of carbonyl (C=O) groups is 1. The van der Waals surface area contributed by atoms with Crippen LogP contribution in [-0.2, 0) is 0 Å². The zero-order valence-electron chi connectivity index (χ0n) is 10.9. The predicted molar refractivity (Wildman–Crippen MR) is 72.0 cm³/mol. The zero-order chi connectivity index (χ0) is 15.3. The summed E-state index contributed by atoms with van der Waals surface area (Å²) in [5, 5.41) is 0. The van der Waals surface area contributed by atoms with E-state index in [1.165, 1.54) is 18.2 Å². The largest absolute Gasteiger partial charge is 0.404 e. The van der Waals surface area contributed by atoms with Crippen molar-refractivity contribution in [3.05, 3.63) is 29.3 Å². The molecule has 4 N–H and O–H groups in total. The third-order valence-electron chi connectivity index (χ3n) is 2.71. The average molecular weight is 287 g/mol. The van der Waals surface area contributed by atoms with Crippen LogP contribution in [0.5, 0.6) is 0 Å². The van der Waals surface area contributed by atoms with Crippen molar-refractivity contribution in [2.24, 2.45) is 10.7 Å². The molecule has 1 aromatic carbocycles. The van der Waals surface area contributed by atoms with Crippen LogP contribution in [0.2, 0.25) is 0 Å². The maximum atomic E-state index is 12.5. The van der Waals surface area contributed by atoms with Crippen molar-refractivity contribution in [2.45, 2.75) is 25.6 Å². The van der Waals surface area contributed by atoms with E-state index in [1.807, 2.05) is 0 Å². The fraction of sp³-hybridized carbons (Fsp3) is 0.385. The van der Waals surface area contributed by atoms with E-state index in [-0.39, 0.29) is 11.4 Å². The third kappa shape index (κ3) is 4.06. The van der Waals surface area contributed by atoms with Crippen molar-refractivity contribution in [1.29, 1.82) is 0 Å². The van der Waals surface area contributed by atoms with Crippen LogP contribution in [-0.4, -0.2) is 30.8 Å². The quantitative estimate of drug-likeness (QED) is 0.494. The van der Waals surface area contributed by atoms with Crippen molar-refractivity contribution in [3.8, 4) is 0 Å². The number of halogens is 3. The van der Waals surface area contributed by atoms with Gasteiger partial charge in [-0.1, -0.05) is 12.1 Å². The Labute approximate surface area is 114 Å². The molecule has 110 valence electrons. The van der Waals surface area contributed by atoms with Crippen molar-refractivity contribution < 1.29 is 18.0 Å². The number of aliphatic imine (C=N–C) groups is 1. The minimum atomic E-state index is -4.49. The SMILES string of the molecule is CCN=C(CC(N)C(F)(F)F)c1ccc(C=O)cc1N. The van der Waals surface area contributed by atoms with Gasteiger partial charge in [0.05, 0.1) is 0 Å². The molecule has 1 unspecified atom stereocenters. The second kappa shape index (κ2) is 6.51. The minimum absolute atomic E-state index is 0.187. The number of nitrogens with two attached hydrogens (primary N) is 2. The van der Waals surface area contributed by atoms with E-state index in [4.69, 9.17) is 11.5 Å². The molecule has 0 amide bonds. The Morgan fingerprint density at radius 1 is 1.45 bits per heavy atom. The van der Waals surface area contributed by atoms with Gasteiger partial charge < -0.3 is 11.5 Å². The van der Waals surface area contributed by atoms with Gasteiger partial charge in [-0.15, -0.1) is 0 Å². The van der Waals surface area contributed by atoms with Crippen LogP contribution in [0.1, 0.15) is 29.3 Å². The highest BCUT2D eigenvalue weighted by atomic mass is 19.4. The number of benzene rings is 1. The Morgan fingerprint density at radius 3 is 2.55 bits per heavy atom. The molecule has 1 rings (SSSR count). The molecule has 0 radical (unpaired) electrons. The van der Waals surface area contributed by atoms with Crippen molar-refractivity contribution in [3.63, 3.8) is 0 Å². The molecule has 20 heavy (non-hydrogen) atoms. The molecule has 7 heteroatoms. The van der Waals surface area contributed by atoms with Gasteiger partial charge in [-0.3, -0.25) is 9.79 Å². The lowest BCUT2D eigenvalue weighted by Gasteiger charge is -2.18. The van der Waals surface area contributed by atoms with Crippen molar-refractivity contribution in [1.82, 2.24) is 0 Å². The molecule has 0 heterocycles. The highest BCUT2D eigenvalue weighted by Crippen LogP contribution is 2.24. The molecule has 0 fully saturated rings. The summed E-state index contributed by atoms with van der Waals surface area (Å²) in [7, 11) is 0. The molecule has 0 aliphatic carbocycles. The maximum Gasteiger partial charge on any atom is 0.404 e. The van der Waals surface area contributed by atoms with Crippen LogP contribution in [0.4, 0.5) is 18.9 Å². The molecule has 0 aromatic heterocycles. The number of alkyl halides is 3. The Balaban J connectivity index is 3.09. The smallest absolute Gasteiger partial charge is 0.398 e. The van der Waals surface area contributed by atoms with Gasteiger partial charge in [0.15, 0.2) is 0 Å². The summed E-state index contributed by atoms with van der Waals surface area (Å²) in [6, 6.07) is 2.35. The summed E-state index contributed by atoms with van der Waals surface area (Å²) < 4.78 is 37.6. The van der Waals surface area contributed by atoms with Crippen molar-refractivity contribution >= 4 is 17.7 Å². The van der Waals surface area contributed by atoms with Crippen LogP contribution in [0.25, 0.3) is 0 Å². The Morgan fingerprint density at radius 2 is 2.10 bits per heavy atom.